The molecule has 0 aliphatic heterocycles. The van der Waals surface area contributed by atoms with Crippen LogP contribution < -0.4 is 0 Å². The molecular weight excluding hydrogens is 440 g/mol. The Kier molecular flexibility index (Phi) is 6.28. The fourth-order valence-electron chi connectivity index (χ4n) is 4.21. The zero-order valence-corrected chi connectivity index (χ0v) is 19.0. The molecule has 2 atom stereocenters. The van der Waals surface area contributed by atoms with E-state index >= 15 is 0 Å². The van der Waals surface area contributed by atoms with E-state index < -0.39 is 46.5 Å². The Balaban J connectivity index is 2.34. The third kappa shape index (κ3) is 3.49. The number of aromatic hydroxyl groups is 6. The van der Waals surface area contributed by atoms with E-state index in [4.69, 9.17) is 0 Å². The average Bonchev–Trinajstić information content (AvgIpc) is 2.84. The highest BCUT2D eigenvalue weighted by Gasteiger charge is 2.33. The molecule has 9 nitrogen and oxygen atoms in total. The predicted octanol–water partition coefficient (Wildman–Crippen LogP) is 4.67. The van der Waals surface area contributed by atoms with Crippen LogP contribution in [0, 0.1) is 43.9 Å². The van der Waals surface area contributed by atoms with E-state index in [1.807, 2.05) is 0 Å². The number of nitriles is 1. The molecule has 0 radical (unpaired) electrons. The van der Waals surface area contributed by atoms with Crippen LogP contribution >= 0.6 is 0 Å². The van der Waals surface area contributed by atoms with Gasteiger partial charge in [0.25, 0.3) is 0 Å². The summed E-state index contributed by atoms with van der Waals surface area (Å²) in [4.78, 5) is 12.1. The maximum Gasteiger partial charge on any atom is 0.200 e. The zero-order chi connectivity index (χ0) is 25.5. The first-order valence-corrected chi connectivity index (χ1v) is 10.3. The van der Waals surface area contributed by atoms with Crippen LogP contribution in [-0.2, 0) is 0 Å². The second-order valence-electron chi connectivity index (χ2n) is 8.12. The monoisotopic (exact) mass is 464 g/mol. The first kappa shape index (κ1) is 24.2. The molecular formula is C25H24N2O7. The summed E-state index contributed by atoms with van der Waals surface area (Å²) in [7, 11) is 0. The SMILES string of the molecule is Cc1c(C)c([C@H](C#N)c2ccccc2[C@H](N=O)c2c(C)c(C)c(O)c(O)c2O)c(O)c(O)c1O. The minimum atomic E-state index is -1.38. The molecule has 0 aromatic heterocycles. The molecule has 0 unspecified atom stereocenters. The molecule has 9 heteroatoms. The number of nitrogens with zero attached hydrogens (tertiary/aromatic N) is 2. The van der Waals surface area contributed by atoms with E-state index in [1.54, 1.807) is 32.0 Å². The van der Waals surface area contributed by atoms with Crippen LogP contribution in [0.2, 0.25) is 0 Å². The number of hydrogen-bond donors (Lipinski definition) is 6. The Morgan fingerprint density at radius 2 is 1.12 bits per heavy atom. The highest BCUT2D eigenvalue weighted by atomic mass is 16.3. The van der Waals surface area contributed by atoms with Crippen molar-refractivity contribution < 1.29 is 30.6 Å². The molecule has 3 rings (SSSR count). The Morgan fingerprint density at radius 1 is 0.676 bits per heavy atom. The summed E-state index contributed by atoms with van der Waals surface area (Å²) in [6, 6.07) is 6.95. The molecule has 6 N–H and O–H groups in total. The van der Waals surface area contributed by atoms with Crippen LogP contribution in [0.25, 0.3) is 0 Å². The van der Waals surface area contributed by atoms with Crippen molar-refractivity contribution in [3.8, 4) is 40.6 Å². The van der Waals surface area contributed by atoms with Gasteiger partial charge in [-0.1, -0.05) is 29.4 Å². The lowest BCUT2D eigenvalue weighted by Crippen LogP contribution is -2.10. The molecule has 0 aliphatic rings. The number of benzene rings is 3. The van der Waals surface area contributed by atoms with Gasteiger partial charge in [-0.15, -0.1) is 4.91 Å². The van der Waals surface area contributed by atoms with Gasteiger partial charge in [0.15, 0.2) is 23.0 Å². The molecule has 176 valence electrons. The third-order valence-electron chi connectivity index (χ3n) is 6.45. The second-order valence-corrected chi connectivity index (χ2v) is 8.12. The molecule has 3 aromatic rings. The maximum atomic E-state index is 12.1. The van der Waals surface area contributed by atoms with Crippen LogP contribution in [0.4, 0.5) is 0 Å². The van der Waals surface area contributed by atoms with Crippen LogP contribution in [0.15, 0.2) is 29.4 Å². The van der Waals surface area contributed by atoms with E-state index in [0.29, 0.717) is 11.1 Å². The average molecular weight is 464 g/mol. The summed E-state index contributed by atoms with van der Waals surface area (Å²) >= 11 is 0. The van der Waals surface area contributed by atoms with Crippen molar-refractivity contribution in [2.75, 3.05) is 0 Å². The van der Waals surface area contributed by atoms with Gasteiger partial charge in [0.2, 0.25) is 11.5 Å². The third-order valence-corrected chi connectivity index (χ3v) is 6.45. The Labute approximate surface area is 195 Å². The summed E-state index contributed by atoms with van der Waals surface area (Å²) in [6.07, 6.45) is 0. The van der Waals surface area contributed by atoms with Gasteiger partial charge in [-0.3, -0.25) is 0 Å². The number of rotatable bonds is 5. The van der Waals surface area contributed by atoms with E-state index in [0.717, 1.165) is 0 Å². The molecule has 0 saturated carbocycles. The van der Waals surface area contributed by atoms with E-state index in [1.165, 1.54) is 19.9 Å². The summed E-state index contributed by atoms with van der Waals surface area (Å²) < 4.78 is 0. The second kappa shape index (κ2) is 8.83. The largest absolute Gasteiger partial charge is 0.504 e. The number of phenolic OH excluding ortho intramolecular Hbond substituents is 6. The number of nitroso groups, excluding NO2 is 1. The van der Waals surface area contributed by atoms with Crippen molar-refractivity contribution >= 4 is 0 Å². The van der Waals surface area contributed by atoms with Gasteiger partial charge in [0.05, 0.1) is 6.07 Å². The minimum absolute atomic E-state index is 0.0399. The molecule has 0 fully saturated rings. The highest BCUT2D eigenvalue weighted by Crippen LogP contribution is 2.50. The molecule has 0 spiro atoms. The minimum Gasteiger partial charge on any atom is -0.504 e. The molecule has 0 heterocycles. The molecule has 3 aromatic carbocycles. The summed E-state index contributed by atoms with van der Waals surface area (Å²) in [5, 5.41) is 74.9. The van der Waals surface area contributed by atoms with Gasteiger partial charge in [-0.25, -0.2) is 0 Å². The Bertz CT molecular complexity index is 1300. The molecule has 0 bridgehead atoms. The van der Waals surface area contributed by atoms with Gasteiger partial charge in [-0.05, 0) is 61.1 Å². The normalized spacial score (nSPS) is 12.7. The first-order valence-electron chi connectivity index (χ1n) is 10.3. The van der Waals surface area contributed by atoms with Crippen LogP contribution in [0.1, 0.15) is 56.5 Å². The fourth-order valence-corrected chi connectivity index (χ4v) is 4.21. The summed E-state index contributed by atoms with van der Waals surface area (Å²) in [6.45, 7) is 6.14. The Hall–Kier alpha value is -4.45. The number of phenols is 6. The number of hydrogen-bond acceptors (Lipinski definition) is 9. The first-order chi connectivity index (χ1) is 16.0. The molecule has 0 saturated heterocycles. The highest BCUT2D eigenvalue weighted by molar-refractivity contribution is 5.67. The smallest absolute Gasteiger partial charge is 0.200 e. The zero-order valence-electron chi connectivity index (χ0n) is 19.0. The van der Waals surface area contributed by atoms with E-state index in [9.17, 15) is 40.8 Å². The van der Waals surface area contributed by atoms with Crippen molar-refractivity contribution in [3.05, 3.63) is 73.7 Å². The standard InChI is InChI=1S/C25H24N2O7/c1-10-12(3)20(28)24(32)22(30)17(10)16(9-26)14-7-5-6-8-15(14)19(27-34)18-11(2)13(4)21(29)25(33)23(18)31/h5-8,16,19,28-33H,1-4H3/t16-,19+/m1/s1. The lowest BCUT2D eigenvalue weighted by molar-refractivity contribution is 0.361. The Morgan fingerprint density at radius 3 is 1.59 bits per heavy atom. The lowest BCUT2D eigenvalue weighted by Gasteiger charge is -2.24. The van der Waals surface area contributed by atoms with Gasteiger partial charge in [0, 0.05) is 11.1 Å². The van der Waals surface area contributed by atoms with Crippen LogP contribution in [-0.4, -0.2) is 30.6 Å². The molecule has 34 heavy (non-hydrogen) atoms. The van der Waals surface area contributed by atoms with E-state index in [-0.39, 0.29) is 33.4 Å². The van der Waals surface area contributed by atoms with Crippen molar-refractivity contribution in [1.29, 1.82) is 5.26 Å². The lowest BCUT2D eigenvalue weighted by atomic mass is 9.81. The van der Waals surface area contributed by atoms with Gasteiger partial charge in [-0.2, -0.15) is 5.26 Å². The quantitative estimate of drug-likeness (QED) is 0.233. The fraction of sp³-hybridized carbons (Fsp3) is 0.240. The van der Waals surface area contributed by atoms with Crippen molar-refractivity contribution in [3.63, 3.8) is 0 Å². The maximum absolute atomic E-state index is 12.1. The van der Waals surface area contributed by atoms with E-state index in [2.05, 4.69) is 11.2 Å². The summed E-state index contributed by atoms with van der Waals surface area (Å²) in [5.41, 5.74) is 1.63. The van der Waals surface area contributed by atoms with Crippen molar-refractivity contribution in [2.24, 2.45) is 5.18 Å². The summed E-state index contributed by atoms with van der Waals surface area (Å²) in [5.74, 6) is -5.18. The molecule has 0 aliphatic carbocycles. The van der Waals surface area contributed by atoms with Crippen molar-refractivity contribution in [1.82, 2.24) is 0 Å². The van der Waals surface area contributed by atoms with Crippen LogP contribution in [0.3, 0.4) is 0 Å². The van der Waals surface area contributed by atoms with Gasteiger partial charge < -0.3 is 30.6 Å². The predicted molar refractivity (Wildman–Crippen MR) is 123 cm³/mol. The molecule has 0 amide bonds. The topological polar surface area (TPSA) is 175 Å². The van der Waals surface area contributed by atoms with Crippen molar-refractivity contribution in [2.45, 2.75) is 39.7 Å². The van der Waals surface area contributed by atoms with Gasteiger partial charge >= 0.3 is 0 Å². The van der Waals surface area contributed by atoms with Crippen LogP contribution in [0.5, 0.6) is 34.5 Å². The van der Waals surface area contributed by atoms with Gasteiger partial charge in [0.1, 0.15) is 12.0 Å².